The molecule has 0 aromatic carbocycles. The molecule has 1 fully saturated rings. The minimum absolute atomic E-state index is 0.0185. The molecule has 1 saturated heterocycles. The summed E-state index contributed by atoms with van der Waals surface area (Å²) in [5.41, 5.74) is 1.38. The number of hydrogen-bond acceptors (Lipinski definition) is 3. The predicted molar refractivity (Wildman–Crippen MR) is 58.2 cm³/mol. The predicted octanol–water partition coefficient (Wildman–Crippen LogP) is 2.33. The molecule has 3 heteroatoms. The molecule has 0 amide bonds. The zero-order chi connectivity index (χ0) is 9.43. The molecule has 0 unspecified atom stereocenters. The summed E-state index contributed by atoms with van der Waals surface area (Å²) in [6.07, 6.45) is 6.11. The molecular weight excluding hydrogens is 194 g/mol. The van der Waals surface area contributed by atoms with Crippen LogP contribution in [0.3, 0.4) is 0 Å². The molecular formula is C11H13NOS. The van der Waals surface area contributed by atoms with Gasteiger partial charge in [-0.3, -0.25) is 0 Å². The van der Waals surface area contributed by atoms with Gasteiger partial charge < -0.3 is 10.1 Å². The number of ether oxygens (including phenoxy) is 1. The molecule has 2 aliphatic rings. The van der Waals surface area contributed by atoms with Crippen molar-refractivity contribution in [3.8, 4) is 0 Å². The molecule has 0 radical (unpaired) electrons. The molecule has 14 heavy (non-hydrogen) atoms. The second-order valence-corrected chi connectivity index (χ2v) is 4.81. The van der Waals surface area contributed by atoms with E-state index in [1.165, 1.54) is 10.4 Å². The molecule has 1 N–H and O–H groups in total. The van der Waals surface area contributed by atoms with Crippen molar-refractivity contribution in [2.45, 2.75) is 18.4 Å². The first-order valence-corrected chi connectivity index (χ1v) is 5.92. The van der Waals surface area contributed by atoms with E-state index in [1.54, 1.807) is 11.3 Å². The van der Waals surface area contributed by atoms with Crippen LogP contribution in [0.25, 0.3) is 6.08 Å². The van der Waals surface area contributed by atoms with E-state index in [1.807, 2.05) is 6.26 Å². The van der Waals surface area contributed by atoms with Gasteiger partial charge in [0.1, 0.15) is 5.60 Å². The van der Waals surface area contributed by atoms with Crippen LogP contribution in [0, 0.1) is 0 Å². The lowest BCUT2D eigenvalue weighted by molar-refractivity contribution is -0.0115. The molecule has 0 saturated carbocycles. The van der Waals surface area contributed by atoms with Crippen LogP contribution < -0.4 is 5.32 Å². The largest absolute Gasteiger partial charge is 0.490 e. The molecule has 74 valence electrons. The third-order valence-corrected chi connectivity index (χ3v) is 3.99. The number of nitrogens with one attached hydrogen (secondary N) is 1. The summed E-state index contributed by atoms with van der Waals surface area (Å²) in [7, 11) is 0. The van der Waals surface area contributed by atoms with Crippen LogP contribution in [0.2, 0.25) is 0 Å². The van der Waals surface area contributed by atoms with E-state index < -0.39 is 0 Å². The first-order chi connectivity index (χ1) is 6.91. The van der Waals surface area contributed by atoms with Gasteiger partial charge in [0, 0.05) is 23.3 Å². The Labute approximate surface area is 87.6 Å². The zero-order valence-electron chi connectivity index (χ0n) is 7.95. The van der Waals surface area contributed by atoms with E-state index in [9.17, 15) is 0 Å². The Kier molecular flexibility index (Phi) is 1.89. The highest BCUT2D eigenvalue weighted by atomic mass is 32.1. The van der Waals surface area contributed by atoms with E-state index in [-0.39, 0.29) is 5.60 Å². The Balaban J connectivity index is 2.05. The van der Waals surface area contributed by atoms with Crippen molar-refractivity contribution in [1.82, 2.24) is 5.32 Å². The highest BCUT2D eigenvalue weighted by Gasteiger charge is 2.38. The fourth-order valence-corrected chi connectivity index (χ4v) is 3.20. The minimum atomic E-state index is -0.0185. The second kappa shape index (κ2) is 3.11. The third-order valence-electron chi connectivity index (χ3n) is 3.11. The van der Waals surface area contributed by atoms with Crippen LogP contribution in [0.1, 0.15) is 23.3 Å². The SMILES string of the molecule is C1=Cc2sccc2C2(CCNCC2)O1. The van der Waals surface area contributed by atoms with Gasteiger partial charge in [0.15, 0.2) is 0 Å². The summed E-state index contributed by atoms with van der Waals surface area (Å²) >= 11 is 1.81. The molecule has 3 rings (SSSR count). The van der Waals surface area contributed by atoms with Crippen LogP contribution >= 0.6 is 11.3 Å². The second-order valence-electron chi connectivity index (χ2n) is 3.86. The van der Waals surface area contributed by atoms with E-state index in [0.717, 1.165) is 25.9 Å². The van der Waals surface area contributed by atoms with Gasteiger partial charge in [0.05, 0.1) is 6.26 Å². The molecule has 3 heterocycles. The summed E-state index contributed by atoms with van der Waals surface area (Å²) in [5, 5.41) is 5.54. The van der Waals surface area contributed by atoms with Crippen molar-refractivity contribution >= 4 is 17.4 Å². The average Bonchev–Trinajstić information content (AvgIpc) is 2.69. The van der Waals surface area contributed by atoms with Crippen LogP contribution in [-0.2, 0) is 10.3 Å². The van der Waals surface area contributed by atoms with Crippen molar-refractivity contribution in [1.29, 1.82) is 0 Å². The number of piperidine rings is 1. The van der Waals surface area contributed by atoms with Gasteiger partial charge in [0.25, 0.3) is 0 Å². The van der Waals surface area contributed by atoms with Crippen LogP contribution in [-0.4, -0.2) is 13.1 Å². The maximum atomic E-state index is 5.88. The first-order valence-electron chi connectivity index (χ1n) is 5.04. The average molecular weight is 207 g/mol. The minimum Gasteiger partial charge on any atom is -0.490 e. The van der Waals surface area contributed by atoms with Crippen molar-refractivity contribution in [3.05, 3.63) is 28.1 Å². The summed E-state index contributed by atoms with van der Waals surface area (Å²) in [6.45, 7) is 2.12. The van der Waals surface area contributed by atoms with Gasteiger partial charge in [-0.25, -0.2) is 0 Å². The lowest BCUT2D eigenvalue weighted by Crippen LogP contribution is -2.41. The van der Waals surface area contributed by atoms with Crippen LogP contribution in [0.5, 0.6) is 0 Å². The maximum Gasteiger partial charge on any atom is 0.137 e. The van der Waals surface area contributed by atoms with Gasteiger partial charge in [-0.05, 0) is 30.6 Å². The molecule has 0 aliphatic carbocycles. The Bertz CT molecular complexity index is 363. The number of thiophene rings is 1. The maximum absolute atomic E-state index is 5.88. The summed E-state index contributed by atoms with van der Waals surface area (Å²) < 4.78 is 5.88. The Morgan fingerprint density at radius 1 is 1.36 bits per heavy atom. The summed E-state index contributed by atoms with van der Waals surface area (Å²) in [6, 6.07) is 2.22. The van der Waals surface area contributed by atoms with Gasteiger partial charge in [-0.1, -0.05) is 0 Å². The Morgan fingerprint density at radius 3 is 3.07 bits per heavy atom. The van der Waals surface area contributed by atoms with E-state index in [4.69, 9.17) is 4.74 Å². The molecule has 0 bridgehead atoms. The quantitative estimate of drug-likeness (QED) is 0.705. The Hall–Kier alpha value is -0.800. The summed E-state index contributed by atoms with van der Waals surface area (Å²) in [5.74, 6) is 0. The number of fused-ring (bicyclic) bond motifs is 2. The van der Waals surface area contributed by atoms with E-state index in [2.05, 4.69) is 22.8 Å². The zero-order valence-corrected chi connectivity index (χ0v) is 8.77. The standard InChI is InChI=1S/C11H13NOS/c1-7-13-11(3-5-12-6-4-11)9-2-8-14-10(1)9/h1-2,7-8,12H,3-6H2. The topological polar surface area (TPSA) is 21.3 Å². The van der Waals surface area contributed by atoms with E-state index >= 15 is 0 Å². The first kappa shape index (κ1) is 8.50. The number of rotatable bonds is 0. The van der Waals surface area contributed by atoms with E-state index in [0.29, 0.717) is 0 Å². The van der Waals surface area contributed by atoms with Gasteiger partial charge in [0.2, 0.25) is 0 Å². The molecule has 1 aromatic rings. The van der Waals surface area contributed by atoms with Gasteiger partial charge >= 0.3 is 0 Å². The normalized spacial score (nSPS) is 23.1. The lowest BCUT2D eigenvalue weighted by atomic mass is 9.84. The third kappa shape index (κ3) is 1.12. The summed E-state index contributed by atoms with van der Waals surface area (Å²) in [4.78, 5) is 1.37. The molecule has 2 aliphatic heterocycles. The van der Waals surface area contributed by atoms with Crippen molar-refractivity contribution in [2.75, 3.05) is 13.1 Å². The fraction of sp³-hybridized carbons (Fsp3) is 0.455. The molecule has 0 atom stereocenters. The van der Waals surface area contributed by atoms with Crippen molar-refractivity contribution < 1.29 is 4.74 Å². The van der Waals surface area contributed by atoms with Gasteiger partial charge in [-0.15, -0.1) is 11.3 Å². The Morgan fingerprint density at radius 2 is 2.21 bits per heavy atom. The van der Waals surface area contributed by atoms with Crippen LogP contribution in [0.15, 0.2) is 17.7 Å². The number of hydrogen-bond donors (Lipinski definition) is 1. The lowest BCUT2D eigenvalue weighted by Gasteiger charge is -2.38. The highest BCUT2D eigenvalue weighted by molar-refractivity contribution is 7.11. The van der Waals surface area contributed by atoms with Gasteiger partial charge in [-0.2, -0.15) is 0 Å². The monoisotopic (exact) mass is 207 g/mol. The van der Waals surface area contributed by atoms with Crippen molar-refractivity contribution in [3.63, 3.8) is 0 Å². The highest BCUT2D eigenvalue weighted by Crippen LogP contribution is 2.42. The van der Waals surface area contributed by atoms with Crippen molar-refractivity contribution in [2.24, 2.45) is 0 Å². The smallest absolute Gasteiger partial charge is 0.137 e. The van der Waals surface area contributed by atoms with Crippen LogP contribution in [0.4, 0.5) is 0 Å². The molecule has 1 spiro atoms. The molecule has 1 aromatic heterocycles. The molecule has 2 nitrogen and oxygen atoms in total. The fourth-order valence-electron chi connectivity index (χ4n) is 2.33.